The maximum Gasteiger partial charge on any atom is 0.252 e. The van der Waals surface area contributed by atoms with E-state index in [4.69, 9.17) is 0 Å². The van der Waals surface area contributed by atoms with Crippen LogP contribution in [0.2, 0.25) is 0 Å². The van der Waals surface area contributed by atoms with E-state index in [0.717, 1.165) is 12.0 Å². The van der Waals surface area contributed by atoms with Crippen LogP contribution in [-0.4, -0.2) is 35.7 Å². The minimum Gasteiger partial charge on any atom is -0.352 e. The zero-order valence-corrected chi connectivity index (χ0v) is 14.3. The van der Waals surface area contributed by atoms with E-state index in [1.54, 1.807) is 0 Å². The number of nitrogens with zero attached hydrogens (tertiary/aromatic N) is 1. The molecule has 0 aromatic carbocycles. The number of carbonyl (C=O) groups is 3. The Labute approximate surface area is 144 Å². The van der Waals surface area contributed by atoms with E-state index in [2.05, 4.69) is 17.5 Å². The van der Waals surface area contributed by atoms with Crippen LogP contribution in [0.25, 0.3) is 0 Å². The predicted octanol–water partition coefficient (Wildman–Crippen LogP) is 1.98. The Bertz CT molecular complexity index is 708. The number of allylic oxidation sites excluding steroid dienone is 2. The quantitative estimate of drug-likeness (QED) is 0.505. The van der Waals surface area contributed by atoms with Gasteiger partial charge in [-0.05, 0) is 42.5 Å². The molecule has 2 heterocycles. The zero-order valence-electron chi connectivity index (χ0n) is 13.5. The fraction of sp³-hybridized carbons (Fsp3) is 0.500. The smallest absolute Gasteiger partial charge is 0.252 e. The Morgan fingerprint density at radius 3 is 2.46 bits per heavy atom. The first-order valence-electron chi connectivity index (χ1n) is 8.42. The van der Waals surface area contributed by atoms with Gasteiger partial charge in [-0.1, -0.05) is 12.2 Å². The molecule has 4 rings (SSSR count). The lowest BCUT2D eigenvalue weighted by Gasteiger charge is -2.17. The highest BCUT2D eigenvalue weighted by Gasteiger charge is 2.58. The predicted molar refractivity (Wildman–Crippen MR) is 90.4 cm³/mol. The van der Waals surface area contributed by atoms with Gasteiger partial charge in [-0.15, -0.1) is 0 Å². The summed E-state index contributed by atoms with van der Waals surface area (Å²) in [7, 11) is 0. The lowest BCUT2D eigenvalue weighted by molar-refractivity contribution is -0.140. The van der Waals surface area contributed by atoms with E-state index < -0.39 is 0 Å². The summed E-state index contributed by atoms with van der Waals surface area (Å²) in [6.07, 6.45) is 5.75. The van der Waals surface area contributed by atoms with Gasteiger partial charge in [0.1, 0.15) is 0 Å². The minimum atomic E-state index is -0.129. The van der Waals surface area contributed by atoms with Crippen LogP contribution in [-0.2, 0) is 9.59 Å². The first-order chi connectivity index (χ1) is 11.6. The van der Waals surface area contributed by atoms with E-state index >= 15 is 0 Å². The third-order valence-corrected chi connectivity index (χ3v) is 6.37. The minimum absolute atomic E-state index is 0.0122. The molecule has 5 nitrogen and oxygen atoms in total. The molecule has 0 radical (unpaired) electrons. The molecule has 1 N–H and O–H groups in total. The van der Waals surface area contributed by atoms with Crippen LogP contribution in [0.4, 0.5) is 0 Å². The third kappa shape index (κ3) is 2.32. The number of thiophene rings is 1. The number of carbonyl (C=O) groups excluding carboxylic acids is 3. The first-order valence-corrected chi connectivity index (χ1v) is 9.36. The summed E-state index contributed by atoms with van der Waals surface area (Å²) in [5, 5.41) is 6.64. The summed E-state index contributed by atoms with van der Waals surface area (Å²) in [6.45, 7) is 2.77. The van der Waals surface area contributed by atoms with Crippen molar-refractivity contribution >= 4 is 29.1 Å². The number of imide groups is 1. The van der Waals surface area contributed by atoms with Crippen molar-refractivity contribution in [2.45, 2.75) is 19.8 Å². The van der Waals surface area contributed by atoms with Gasteiger partial charge in [0.05, 0.1) is 17.4 Å². The van der Waals surface area contributed by atoms with Gasteiger partial charge >= 0.3 is 0 Å². The fourth-order valence-electron chi connectivity index (χ4n) is 4.31. The second kappa shape index (κ2) is 5.84. The van der Waals surface area contributed by atoms with E-state index in [1.807, 2.05) is 17.7 Å². The Morgan fingerprint density at radius 1 is 1.21 bits per heavy atom. The van der Waals surface area contributed by atoms with Crippen LogP contribution in [0, 0.1) is 30.6 Å². The number of rotatable bonds is 5. The van der Waals surface area contributed by atoms with E-state index in [0.29, 0.717) is 25.1 Å². The van der Waals surface area contributed by atoms with E-state index in [9.17, 15) is 14.4 Å². The molecule has 2 bridgehead atoms. The zero-order chi connectivity index (χ0) is 16.8. The van der Waals surface area contributed by atoms with Gasteiger partial charge in [0.15, 0.2) is 0 Å². The number of hydrogen-bond acceptors (Lipinski definition) is 4. The average molecular weight is 344 g/mol. The summed E-state index contributed by atoms with van der Waals surface area (Å²) in [5.74, 6) is 0.132. The molecule has 126 valence electrons. The van der Waals surface area contributed by atoms with Crippen molar-refractivity contribution in [3.8, 4) is 0 Å². The Hall–Kier alpha value is -1.95. The SMILES string of the molecule is Cc1cscc1C(=O)NCCCN1C(=O)[C@@H]2[C@H](C1=O)[C@H]1C=C[C@H]2C1. The number of nitrogens with one attached hydrogen (secondary N) is 1. The summed E-state index contributed by atoms with van der Waals surface area (Å²) in [6, 6.07) is 0. The second-order valence-electron chi connectivity index (χ2n) is 6.91. The number of amides is 3. The summed E-state index contributed by atoms with van der Waals surface area (Å²) in [5.41, 5.74) is 1.67. The van der Waals surface area contributed by atoms with Crippen molar-refractivity contribution in [3.05, 3.63) is 34.0 Å². The molecule has 24 heavy (non-hydrogen) atoms. The van der Waals surface area contributed by atoms with Crippen LogP contribution in [0.15, 0.2) is 22.9 Å². The Kier molecular flexibility index (Phi) is 3.79. The molecule has 0 unspecified atom stereocenters. The van der Waals surface area contributed by atoms with Crippen LogP contribution in [0.1, 0.15) is 28.8 Å². The van der Waals surface area contributed by atoms with Crippen molar-refractivity contribution in [3.63, 3.8) is 0 Å². The highest BCUT2D eigenvalue weighted by atomic mass is 32.1. The lowest BCUT2D eigenvalue weighted by Crippen LogP contribution is -2.35. The van der Waals surface area contributed by atoms with Gasteiger partial charge in [-0.25, -0.2) is 0 Å². The molecule has 1 aliphatic heterocycles. The molecule has 1 aromatic heterocycles. The topological polar surface area (TPSA) is 66.5 Å². The van der Waals surface area contributed by atoms with Crippen LogP contribution < -0.4 is 5.32 Å². The van der Waals surface area contributed by atoms with Crippen molar-refractivity contribution in [1.82, 2.24) is 10.2 Å². The molecule has 2 fully saturated rings. The number of aryl methyl sites for hydroxylation is 1. The Morgan fingerprint density at radius 2 is 1.88 bits per heavy atom. The molecule has 2 aliphatic carbocycles. The second-order valence-corrected chi connectivity index (χ2v) is 7.65. The first kappa shape index (κ1) is 15.6. The van der Waals surface area contributed by atoms with E-state index in [1.165, 1.54) is 16.2 Å². The van der Waals surface area contributed by atoms with Crippen LogP contribution >= 0.6 is 11.3 Å². The van der Waals surface area contributed by atoms with Gasteiger partial charge < -0.3 is 5.32 Å². The molecular formula is C18H20N2O3S. The monoisotopic (exact) mass is 344 g/mol. The van der Waals surface area contributed by atoms with Gasteiger partial charge in [-0.2, -0.15) is 11.3 Å². The average Bonchev–Trinajstić information content (AvgIpc) is 3.31. The Balaban J connectivity index is 1.30. The number of fused-ring (bicyclic) bond motifs is 5. The normalized spacial score (nSPS) is 30.3. The van der Waals surface area contributed by atoms with Crippen molar-refractivity contribution < 1.29 is 14.4 Å². The summed E-state index contributed by atoms with van der Waals surface area (Å²) in [4.78, 5) is 38.5. The fourth-order valence-corrected chi connectivity index (χ4v) is 5.14. The van der Waals surface area contributed by atoms with Gasteiger partial charge in [0.25, 0.3) is 5.91 Å². The number of hydrogen-bond donors (Lipinski definition) is 1. The molecular weight excluding hydrogens is 324 g/mol. The molecule has 6 heteroatoms. The van der Waals surface area contributed by atoms with Crippen molar-refractivity contribution in [2.24, 2.45) is 23.7 Å². The molecule has 1 aromatic rings. The molecule has 4 atom stereocenters. The lowest BCUT2D eigenvalue weighted by atomic mass is 9.85. The highest BCUT2D eigenvalue weighted by Crippen LogP contribution is 2.52. The molecule has 0 spiro atoms. The van der Waals surface area contributed by atoms with Gasteiger partial charge in [-0.3, -0.25) is 19.3 Å². The van der Waals surface area contributed by atoms with Crippen LogP contribution in [0.5, 0.6) is 0 Å². The molecule has 1 saturated carbocycles. The third-order valence-electron chi connectivity index (χ3n) is 5.51. The highest BCUT2D eigenvalue weighted by molar-refractivity contribution is 7.08. The van der Waals surface area contributed by atoms with Crippen molar-refractivity contribution in [2.75, 3.05) is 13.1 Å². The maximum absolute atomic E-state index is 12.5. The largest absolute Gasteiger partial charge is 0.352 e. The molecule has 1 saturated heterocycles. The summed E-state index contributed by atoms with van der Waals surface area (Å²) >= 11 is 1.51. The van der Waals surface area contributed by atoms with E-state index in [-0.39, 0.29) is 41.4 Å². The molecule has 3 aliphatic rings. The van der Waals surface area contributed by atoms with Gasteiger partial charge in [0.2, 0.25) is 11.8 Å². The van der Waals surface area contributed by atoms with Crippen LogP contribution in [0.3, 0.4) is 0 Å². The standard InChI is InChI=1S/C18H20N2O3S/c1-10-8-24-9-13(10)16(21)19-5-2-6-20-17(22)14-11-3-4-12(7-11)15(14)18(20)23/h3-4,8-9,11-12,14-15H,2,5-7H2,1H3,(H,19,21)/t11-,12-,14-,15+/m0/s1. The molecule has 3 amide bonds. The number of likely N-dealkylation sites (tertiary alicyclic amines) is 1. The maximum atomic E-state index is 12.5. The van der Waals surface area contributed by atoms with Crippen molar-refractivity contribution in [1.29, 1.82) is 0 Å². The summed E-state index contributed by atoms with van der Waals surface area (Å²) < 4.78 is 0. The van der Waals surface area contributed by atoms with Gasteiger partial charge in [0, 0.05) is 18.5 Å².